The maximum Gasteiger partial charge on any atom is 0.265 e. The first kappa shape index (κ1) is 14.8. The molecule has 5 nitrogen and oxygen atoms in total. The number of anilines is 2. The minimum Gasteiger partial charge on any atom is -0.382 e. The van der Waals surface area contributed by atoms with Crippen molar-refractivity contribution < 1.29 is 4.79 Å². The summed E-state index contributed by atoms with van der Waals surface area (Å²) in [5.74, 6) is 0.630. The Balaban J connectivity index is 2.75. The third-order valence-corrected chi connectivity index (χ3v) is 3.04. The van der Waals surface area contributed by atoms with Crippen LogP contribution in [0.15, 0.2) is 0 Å². The lowest BCUT2D eigenvalue weighted by molar-refractivity contribution is 0.0924. The minimum absolute atomic E-state index is 0.171. The average molecular weight is 270 g/mol. The predicted octanol–water partition coefficient (Wildman–Crippen LogP) is 2.32. The van der Waals surface area contributed by atoms with Gasteiger partial charge < -0.3 is 16.4 Å². The van der Waals surface area contributed by atoms with Crippen LogP contribution in [-0.2, 0) is 0 Å². The van der Waals surface area contributed by atoms with E-state index in [-0.39, 0.29) is 17.3 Å². The highest BCUT2D eigenvalue weighted by Gasteiger charge is 2.20. The normalized spacial score (nSPS) is 11.7. The third-order valence-electron chi connectivity index (χ3n) is 2.01. The number of carbonyl (C=O) groups excluding carboxylic acids is 1. The molecular formula is C12H22N4OS. The molecule has 6 heteroatoms. The number of amides is 1. The molecule has 1 aromatic rings. The minimum atomic E-state index is -0.279. The molecule has 0 fully saturated rings. The molecule has 0 saturated heterocycles. The van der Waals surface area contributed by atoms with Crippen LogP contribution in [0.2, 0.25) is 0 Å². The van der Waals surface area contributed by atoms with Crippen LogP contribution in [-0.4, -0.2) is 23.0 Å². The van der Waals surface area contributed by atoms with Gasteiger partial charge in [0.15, 0.2) is 5.13 Å². The molecule has 1 aromatic heterocycles. The number of nitrogens with zero attached hydrogens (tertiary/aromatic N) is 1. The number of nitrogens with one attached hydrogen (secondary N) is 2. The van der Waals surface area contributed by atoms with E-state index >= 15 is 0 Å². The van der Waals surface area contributed by atoms with E-state index in [1.807, 2.05) is 20.8 Å². The molecular weight excluding hydrogens is 248 g/mol. The van der Waals surface area contributed by atoms with Crippen LogP contribution >= 0.6 is 11.3 Å². The molecule has 1 heterocycles. The maximum atomic E-state index is 12.0. The van der Waals surface area contributed by atoms with Crippen molar-refractivity contribution in [1.82, 2.24) is 10.3 Å². The van der Waals surface area contributed by atoms with Crippen LogP contribution in [0.5, 0.6) is 0 Å². The quantitative estimate of drug-likeness (QED) is 0.784. The standard InChI is InChI=1S/C12H22N4OS/c1-7(2)6-14-11-15-9(13)8(18-11)10(17)16-12(3,4)5/h7H,6,13H2,1-5H3,(H,14,15)(H,16,17). The highest BCUT2D eigenvalue weighted by atomic mass is 32.1. The van der Waals surface area contributed by atoms with Crippen molar-refractivity contribution in [2.45, 2.75) is 40.2 Å². The summed E-state index contributed by atoms with van der Waals surface area (Å²) < 4.78 is 0. The van der Waals surface area contributed by atoms with E-state index in [4.69, 9.17) is 5.73 Å². The van der Waals surface area contributed by atoms with Gasteiger partial charge in [0.05, 0.1) is 0 Å². The summed E-state index contributed by atoms with van der Waals surface area (Å²) in [5.41, 5.74) is 5.49. The van der Waals surface area contributed by atoms with Crippen LogP contribution in [0.1, 0.15) is 44.3 Å². The van der Waals surface area contributed by atoms with Crippen LogP contribution < -0.4 is 16.4 Å². The van der Waals surface area contributed by atoms with Gasteiger partial charge in [0.2, 0.25) is 0 Å². The Bertz CT molecular complexity index is 420. The summed E-state index contributed by atoms with van der Waals surface area (Å²) in [7, 11) is 0. The Morgan fingerprint density at radius 1 is 1.44 bits per heavy atom. The van der Waals surface area contributed by atoms with Crippen molar-refractivity contribution >= 4 is 28.2 Å². The SMILES string of the molecule is CC(C)CNc1nc(N)c(C(=O)NC(C)(C)C)s1. The lowest BCUT2D eigenvalue weighted by Crippen LogP contribution is -2.40. The summed E-state index contributed by atoms with van der Waals surface area (Å²) in [5, 5.41) is 6.74. The molecule has 18 heavy (non-hydrogen) atoms. The molecule has 102 valence electrons. The summed E-state index contributed by atoms with van der Waals surface area (Å²) in [6, 6.07) is 0. The van der Waals surface area contributed by atoms with Crippen LogP contribution in [0.25, 0.3) is 0 Å². The second-order valence-electron chi connectivity index (χ2n) is 5.71. The van der Waals surface area contributed by atoms with Gasteiger partial charge in [-0.15, -0.1) is 0 Å². The van der Waals surface area contributed by atoms with Gasteiger partial charge in [0.25, 0.3) is 5.91 Å². The zero-order valence-electron chi connectivity index (χ0n) is 11.6. The smallest absolute Gasteiger partial charge is 0.265 e. The Labute approximate surface area is 112 Å². The van der Waals surface area contributed by atoms with Crippen molar-refractivity contribution in [3.63, 3.8) is 0 Å². The topological polar surface area (TPSA) is 80.0 Å². The van der Waals surface area contributed by atoms with Gasteiger partial charge in [0, 0.05) is 12.1 Å². The fourth-order valence-electron chi connectivity index (χ4n) is 1.26. The molecule has 0 saturated carbocycles. The van der Waals surface area contributed by atoms with E-state index in [1.54, 1.807) is 0 Å². The van der Waals surface area contributed by atoms with Gasteiger partial charge in [-0.25, -0.2) is 4.98 Å². The number of thiazole rings is 1. The lowest BCUT2D eigenvalue weighted by Gasteiger charge is -2.19. The zero-order chi connectivity index (χ0) is 13.9. The molecule has 1 rings (SSSR count). The van der Waals surface area contributed by atoms with Gasteiger partial charge >= 0.3 is 0 Å². The Hall–Kier alpha value is -1.30. The van der Waals surface area contributed by atoms with Gasteiger partial charge in [-0.1, -0.05) is 25.2 Å². The molecule has 0 aliphatic carbocycles. The molecule has 0 unspecified atom stereocenters. The molecule has 4 N–H and O–H groups in total. The second-order valence-corrected chi connectivity index (χ2v) is 6.71. The van der Waals surface area contributed by atoms with E-state index in [0.29, 0.717) is 15.9 Å². The van der Waals surface area contributed by atoms with Gasteiger partial charge in [-0.05, 0) is 26.7 Å². The second kappa shape index (κ2) is 5.56. The van der Waals surface area contributed by atoms with E-state index < -0.39 is 0 Å². The maximum absolute atomic E-state index is 12.0. The molecule has 0 aliphatic rings. The highest BCUT2D eigenvalue weighted by Crippen LogP contribution is 2.25. The number of nitrogens with two attached hydrogens (primary N) is 1. The van der Waals surface area contributed by atoms with Gasteiger partial charge in [-0.3, -0.25) is 4.79 Å². The van der Waals surface area contributed by atoms with Crippen LogP contribution in [0, 0.1) is 5.92 Å². The van der Waals surface area contributed by atoms with E-state index in [9.17, 15) is 4.79 Å². The molecule has 0 spiro atoms. The van der Waals surface area contributed by atoms with Crippen molar-refractivity contribution in [2.75, 3.05) is 17.6 Å². The molecule has 1 amide bonds. The number of carbonyl (C=O) groups is 1. The first-order valence-corrected chi connectivity index (χ1v) is 6.83. The highest BCUT2D eigenvalue weighted by molar-refractivity contribution is 7.18. The summed E-state index contributed by atoms with van der Waals surface area (Å²) >= 11 is 1.29. The van der Waals surface area contributed by atoms with E-state index in [0.717, 1.165) is 6.54 Å². The first-order chi connectivity index (χ1) is 8.19. The third kappa shape index (κ3) is 4.52. The number of nitrogen functional groups attached to an aromatic ring is 1. The van der Waals surface area contributed by atoms with E-state index in [2.05, 4.69) is 29.5 Å². The molecule has 0 aliphatic heterocycles. The number of rotatable bonds is 4. The fraction of sp³-hybridized carbons (Fsp3) is 0.667. The number of hydrogen-bond acceptors (Lipinski definition) is 5. The molecule has 0 aromatic carbocycles. The largest absolute Gasteiger partial charge is 0.382 e. The lowest BCUT2D eigenvalue weighted by atomic mass is 10.1. The van der Waals surface area contributed by atoms with Crippen molar-refractivity contribution in [2.24, 2.45) is 5.92 Å². The molecule has 0 bridgehead atoms. The summed E-state index contributed by atoms with van der Waals surface area (Å²) in [6.07, 6.45) is 0. The molecule has 0 radical (unpaired) electrons. The summed E-state index contributed by atoms with van der Waals surface area (Å²) in [6.45, 7) is 10.8. The Kier molecular flexibility index (Phi) is 4.56. The average Bonchev–Trinajstić information content (AvgIpc) is 2.54. The van der Waals surface area contributed by atoms with Crippen molar-refractivity contribution in [1.29, 1.82) is 0 Å². The Morgan fingerprint density at radius 2 is 2.06 bits per heavy atom. The number of aromatic nitrogens is 1. The van der Waals surface area contributed by atoms with Crippen LogP contribution in [0.3, 0.4) is 0 Å². The van der Waals surface area contributed by atoms with Crippen molar-refractivity contribution in [3.05, 3.63) is 4.88 Å². The van der Waals surface area contributed by atoms with Crippen molar-refractivity contribution in [3.8, 4) is 0 Å². The van der Waals surface area contributed by atoms with Gasteiger partial charge in [0.1, 0.15) is 10.7 Å². The predicted molar refractivity (Wildman–Crippen MR) is 77.1 cm³/mol. The molecule has 0 atom stereocenters. The monoisotopic (exact) mass is 270 g/mol. The van der Waals surface area contributed by atoms with Gasteiger partial charge in [-0.2, -0.15) is 0 Å². The first-order valence-electron chi connectivity index (χ1n) is 6.01. The summed E-state index contributed by atoms with van der Waals surface area (Å²) in [4.78, 5) is 16.6. The number of hydrogen-bond donors (Lipinski definition) is 3. The fourth-order valence-corrected chi connectivity index (χ4v) is 2.05. The van der Waals surface area contributed by atoms with Crippen LogP contribution in [0.4, 0.5) is 10.9 Å². The van der Waals surface area contributed by atoms with E-state index in [1.165, 1.54) is 11.3 Å². The zero-order valence-corrected chi connectivity index (χ0v) is 12.4. The Morgan fingerprint density at radius 3 is 2.56 bits per heavy atom.